The number of benzene rings is 2. The van der Waals surface area contributed by atoms with Gasteiger partial charge in [-0.25, -0.2) is 17.9 Å². The van der Waals surface area contributed by atoms with Crippen molar-refractivity contribution in [3.05, 3.63) is 69.2 Å². The number of hydrogen-bond acceptors (Lipinski definition) is 6. The lowest BCUT2D eigenvalue weighted by Crippen LogP contribution is -2.54. The number of aliphatic hydroxyl groups is 1. The molecule has 2 aromatic rings. The highest BCUT2D eigenvalue weighted by Gasteiger charge is 2.47. The molecule has 0 heterocycles. The van der Waals surface area contributed by atoms with E-state index in [1.165, 1.54) is 31.2 Å². The lowest BCUT2D eigenvalue weighted by molar-refractivity contribution is -0.384. The summed E-state index contributed by atoms with van der Waals surface area (Å²) >= 11 is 5.79. The third-order valence-electron chi connectivity index (χ3n) is 4.18. The highest BCUT2D eigenvalue weighted by Crippen LogP contribution is 2.30. The fourth-order valence-electron chi connectivity index (χ4n) is 2.64. The number of nitrogens with zero attached hydrogens (tertiary/aromatic N) is 1. The van der Waals surface area contributed by atoms with Gasteiger partial charge in [-0.2, -0.15) is 0 Å². The van der Waals surface area contributed by atoms with Crippen LogP contribution in [0.4, 0.5) is 5.69 Å². The van der Waals surface area contributed by atoms with Crippen LogP contribution in [0.15, 0.2) is 53.4 Å². The van der Waals surface area contributed by atoms with Gasteiger partial charge in [0.25, 0.3) is 5.69 Å². The quantitative estimate of drug-likeness (QED) is 0.431. The number of carboxylic acids is 1. The molecular formula is C17H17ClN2O7S. The minimum Gasteiger partial charge on any atom is -0.479 e. The van der Waals surface area contributed by atoms with Gasteiger partial charge in [-0.15, -0.1) is 0 Å². The van der Waals surface area contributed by atoms with Crippen LogP contribution >= 0.6 is 11.6 Å². The molecule has 3 N–H and O–H groups in total. The Hall–Kier alpha value is -2.53. The molecule has 2 aromatic carbocycles. The van der Waals surface area contributed by atoms with Crippen molar-refractivity contribution in [2.75, 3.05) is 0 Å². The van der Waals surface area contributed by atoms with Crippen molar-refractivity contribution in [3.8, 4) is 0 Å². The average molecular weight is 429 g/mol. The maximum atomic E-state index is 12.6. The van der Waals surface area contributed by atoms with E-state index < -0.39 is 32.6 Å². The molecule has 28 heavy (non-hydrogen) atoms. The Morgan fingerprint density at radius 1 is 1.21 bits per heavy atom. The molecule has 0 spiro atoms. The summed E-state index contributed by atoms with van der Waals surface area (Å²) in [5.74, 6) is -1.65. The Kier molecular flexibility index (Phi) is 6.40. The molecular weight excluding hydrogens is 412 g/mol. The molecule has 1 unspecified atom stereocenters. The first-order valence-corrected chi connectivity index (χ1v) is 9.87. The molecule has 0 aliphatic heterocycles. The standard InChI is InChI=1S/C17H17ClN2O7S/c1-2-15(17(23,16(21)22)11-3-5-12(18)6-4-11)19-28(26,27)14-9-7-13(8-10-14)20(24)25/h3-10,15,19,23H,2H2,1H3,(H,21,22)/t15?,17-/m1/s1. The number of halogens is 1. The Balaban J connectivity index is 2.42. The number of aliphatic carboxylic acids is 1. The third-order valence-corrected chi connectivity index (χ3v) is 5.92. The Labute approximate surface area is 165 Å². The zero-order valence-corrected chi connectivity index (χ0v) is 16.1. The van der Waals surface area contributed by atoms with Gasteiger partial charge in [-0.1, -0.05) is 30.7 Å². The Bertz CT molecular complexity index is 978. The summed E-state index contributed by atoms with van der Waals surface area (Å²) in [6.45, 7) is 1.51. The third kappa shape index (κ3) is 4.30. The van der Waals surface area contributed by atoms with Crippen molar-refractivity contribution in [2.45, 2.75) is 29.9 Å². The summed E-state index contributed by atoms with van der Waals surface area (Å²) in [7, 11) is -4.27. The first-order chi connectivity index (χ1) is 13.0. The number of sulfonamides is 1. The molecule has 0 saturated carbocycles. The van der Waals surface area contributed by atoms with Gasteiger partial charge in [0.2, 0.25) is 15.6 Å². The van der Waals surface area contributed by atoms with Crippen molar-refractivity contribution in [2.24, 2.45) is 0 Å². The minimum absolute atomic E-state index is 0.0531. The number of nitro benzene ring substituents is 1. The number of carboxylic acid groups (broad SMARTS) is 1. The summed E-state index contributed by atoms with van der Waals surface area (Å²) in [5.41, 5.74) is -2.91. The monoisotopic (exact) mass is 428 g/mol. The van der Waals surface area contributed by atoms with E-state index in [1.54, 1.807) is 0 Å². The van der Waals surface area contributed by atoms with Gasteiger partial charge in [-0.3, -0.25) is 10.1 Å². The lowest BCUT2D eigenvalue weighted by Gasteiger charge is -2.32. The van der Waals surface area contributed by atoms with E-state index in [0.717, 1.165) is 24.3 Å². The highest BCUT2D eigenvalue weighted by molar-refractivity contribution is 7.89. The van der Waals surface area contributed by atoms with Crippen molar-refractivity contribution in [1.29, 1.82) is 0 Å². The Morgan fingerprint density at radius 2 is 1.75 bits per heavy atom. The zero-order valence-electron chi connectivity index (χ0n) is 14.6. The molecule has 0 saturated heterocycles. The average Bonchev–Trinajstić information content (AvgIpc) is 2.66. The van der Waals surface area contributed by atoms with Crippen LogP contribution in [0.25, 0.3) is 0 Å². The molecule has 0 fully saturated rings. The van der Waals surface area contributed by atoms with E-state index in [1.807, 2.05) is 0 Å². The number of rotatable bonds is 8. The van der Waals surface area contributed by atoms with E-state index in [4.69, 9.17) is 11.6 Å². The summed E-state index contributed by atoms with van der Waals surface area (Å²) in [4.78, 5) is 21.6. The van der Waals surface area contributed by atoms with Crippen LogP contribution in [-0.2, 0) is 20.4 Å². The van der Waals surface area contributed by atoms with Gasteiger partial charge in [-0.05, 0) is 36.2 Å². The number of non-ortho nitro benzene ring substituents is 1. The zero-order chi connectivity index (χ0) is 21.1. The molecule has 2 rings (SSSR count). The lowest BCUT2D eigenvalue weighted by atomic mass is 9.85. The molecule has 150 valence electrons. The molecule has 0 aliphatic carbocycles. The number of nitro groups is 1. The second kappa shape index (κ2) is 8.23. The second-order valence-electron chi connectivity index (χ2n) is 5.91. The van der Waals surface area contributed by atoms with Gasteiger partial charge in [0, 0.05) is 17.2 Å². The van der Waals surface area contributed by atoms with Crippen molar-refractivity contribution < 1.29 is 28.3 Å². The van der Waals surface area contributed by atoms with Crippen molar-refractivity contribution in [3.63, 3.8) is 0 Å². The molecule has 2 atom stereocenters. The summed E-state index contributed by atoms with van der Waals surface area (Å²) < 4.78 is 27.4. The van der Waals surface area contributed by atoms with Crippen LogP contribution in [0, 0.1) is 10.1 Å². The van der Waals surface area contributed by atoms with Crippen LogP contribution in [-0.4, -0.2) is 35.6 Å². The fourth-order valence-corrected chi connectivity index (χ4v) is 4.11. The molecule has 9 nitrogen and oxygen atoms in total. The van der Waals surface area contributed by atoms with E-state index in [0.29, 0.717) is 5.02 Å². The topological polar surface area (TPSA) is 147 Å². The molecule has 0 bridgehead atoms. The first-order valence-electron chi connectivity index (χ1n) is 8.01. The van der Waals surface area contributed by atoms with Crippen LogP contribution in [0.1, 0.15) is 18.9 Å². The second-order valence-corrected chi connectivity index (χ2v) is 8.06. The number of hydrogen-bond donors (Lipinski definition) is 3. The van der Waals surface area contributed by atoms with E-state index in [-0.39, 0.29) is 22.6 Å². The molecule has 0 aromatic heterocycles. The van der Waals surface area contributed by atoms with E-state index in [9.17, 15) is 33.5 Å². The highest BCUT2D eigenvalue weighted by atomic mass is 35.5. The largest absolute Gasteiger partial charge is 0.479 e. The predicted octanol–water partition coefficient (Wildman–Crippen LogP) is 2.28. The van der Waals surface area contributed by atoms with E-state index >= 15 is 0 Å². The molecule has 0 radical (unpaired) electrons. The van der Waals surface area contributed by atoms with Gasteiger partial charge in [0.05, 0.1) is 15.9 Å². The predicted molar refractivity (Wildman–Crippen MR) is 100 cm³/mol. The van der Waals surface area contributed by atoms with Crippen LogP contribution in [0.2, 0.25) is 5.02 Å². The van der Waals surface area contributed by atoms with Gasteiger partial charge >= 0.3 is 5.97 Å². The maximum Gasteiger partial charge on any atom is 0.342 e. The summed E-state index contributed by atoms with van der Waals surface area (Å²) in [6.07, 6.45) is -0.0579. The minimum atomic E-state index is -4.27. The number of carbonyl (C=O) groups is 1. The van der Waals surface area contributed by atoms with Gasteiger partial charge in [0.1, 0.15) is 0 Å². The van der Waals surface area contributed by atoms with Crippen molar-refractivity contribution in [1.82, 2.24) is 4.72 Å². The Morgan fingerprint density at radius 3 is 2.18 bits per heavy atom. The summed E-state index contributed by atoms with van der Waals surface area (Å²) in [6, 6.07) is 7.98. The maximum absolute atomic E-state index is 12.6. The van der Waals surface area contributed by atoms with Gasteiger partial charge in [0.15, 0.2) is 0 Å². The van der Waals surface area contributed by atoms with Crippen LogP contribution in [0.3, 0.4) is 0 Å². The fraction of sp³-hybridized carbons (Fsp3) is 0.235. The first kappa shape index (κ1) is 21.8. The smallest absolute Gasteiger partial charge is 0.342 e. The summed E-state index contributed by atoms with van der Waals surface area (Å²) in [5, 5.41) is 31.5. The normalized spacial score (nSPS) is 14.8. The van der Waals surface area contributed by atoms with Crippen molar-refractivity contribution >= 4 is 33.3 Å². The van der Waals surface area contributed by atoms with Gasteiger partial charge < -0.3 is 10.2 Å². The SMILES string of the molecule is CCC(NS(=O)(=O)c1ccc([N+](=O)[O-])cc1)[C@@](O)(C(=O)O)c1ccc(Cl)cc1. The molecule has 0 amide bonds. The van der Waals surface area contributed by atoms with Crippen LogP contribution < -0.4 is 4.72 Å². The number of nitrogens with one attached hydrogen (secondary N) is 1. The molecule has 0 aliphatic rings. The van der Waals surface area contributed by atoms with Crippen LogP contribution in [0.5, 0.6) is 0 Å². The molecule has 11 heteroatoms. The van der Waals surface area contributed by atoms with E-state index in [2.05, 4.69) is 4.72 Å².